The van der Waals surface area contributed by atoms with Gasteiger partial charge in [0, 0.05) is 28.9 Å². The van der Waals surface area contributed by atoms with Gasteiger partial charge >= 0.3 is 0 Å². The highest BCUT2D eigenvalue weighted by Crippen LogP contribution is 2.36. The van der Waals surface area contributed by atoms with E-state index in [9.17, 15) is 0 Å². The summed E-state index contributed by atoms with van der Waals surface area (Å²) in [6.07, 6.45) is 4.45. The zero-order chi connectivity index (χ0) is 40.9. The van der Waals surface area contributed by atoms with Crippen molar-refractivity contribution in [3.63, 3.8) is 0 Å². The fourth-order valence-electron chi connectivity index (χ4n) is 7.24. The average molecular weight is 754 g/mol. The molecule has 1 aromatic heterocycles. The van der Waals surface area contributed by atoms with E-state index < -0.39 is 0 Å². The molecule has 58 heavy (non-hydrogen) atoms. The number of hydrogen-bond donors (Lipinski definition) is 0. The first-order valence-corrected chi connectivity index (χ1v) is 20.3. The fraction of sp³-hybridized carbons (Fsp3) is 0.123. The van der Waals surface area contributed by atoms with Crippen LogP contribution in [0.5, 0.6) is 0 Å². The highest BCUT2D eigenvalue weighted by atomic mass is 14.9. The first-order chi connectivity index (χ1) is 28.3. The van der Waals surface area contributed by atoms with E-state index in [1.807, 2.05) is 24.3 Å². The van der Waals surface area contributed by atoms with Crippen LogP contribution in [0.15, 0.2) is 213 Å². The van der Waals surface area contributed by atoms with Crippen molar-refractivity contribution in [1.82, 2.24) is 4.57 Å². The van der Waals surface area contributed by atoms with Crippen LogP contribution < -0.4 is 0 Å². The summed E-state index contributed by atoms with van der Waals surface area (Å²) in [5, 5.41) is 5.27. The van der Waals surface area contributed by atoms with Crippen LogP contribution in [-0.2, 0) is 7.05 Å². The normalized spacial score (nSPS) is 11.0. The van der Waals surface area contributed by atoms with Crippen molar-refractivity contribution in [2.24, 2.45) is 7.05 Å². The third-order valence-electron chi connectivity index (χ3n) is 10.8. The number of allylic oxidation sites excluding steroid dienone is 2. The van der Waals surface area contributed by atoms with Gasteiger partial charge in [0.25, 0.3) is 0 Å². The van der Waals surface area contributed by atoms with E-state index in [4.69, 9.17) is 0 Å². The molecular formula is C57H55N. The van der Waals surface area contributed by atoms with E-state index in [2.05, 4.69) is 216 Å². The van der Waals surface area contributed by atoms with Gasteiger partial charge in [0.05, 0.1) is 0 Å². The maximum Gasteiger partial charge on any atom is 0.0495 e. The molecule has 0 aliphatic rings. The van der Waals surface area contributed by atoms with Crippen LogP contribution in [0.2, 0.25) is 0 Å². The second-order valence-corrected chi connectivity index (χ2v) is 14.8. The van der Waals surface area contributed by atoms with Crippen LogP contribution in [0.25, 0.3) is 66.0 Å². The smallest absolute Gasteiger partial charge is 0.0495 e. The lowest BCUT2D eigenvalue weighted by Gasteiger charge is -2.10. The second kappa shape index (κ2) is 19.9. The van der Waals surface area contributed by atoms with Crippen LogP contribution in [0.1, 0.15) is 42.9 Å². The maximum absolute atomic E-state index is 3.36. The Hall–Kier alpha value is -6.70. The monoisotopic (exact) mass is 753 g/mol. The molecule has 0 saturated carbocycles. The summed E-state index contributed by atoms with van der Waals surface area (Å²) in [5.41, 5.74) is 14.2. The zero-order valence-electron chi connectivity index (χ0n) is 34.7. The van der Waals surface area contributed by atoms with Gasteiger partial charge in [-0.25, -0.2) is 0 Å². The van der Waals surface area contributed by atoms with Crippen molar-refractivity contribution >= 4 is 32.6 Å². The van der Waals surface area contributed by atoms with E-state index in [1.54, 1.807) is 12.2 Å². The van der Waals surface area contributed by atoms with Gasteiger partial charge in [-0.2, -0.15) is 0 Å². The summed E-state index contributed by atoms with van der Waals surface area (Å²) >= 11 is 0. The molecule has 0 saturated heterocycles. The van der Waals surface area contributed by atoms with Crippen molar-refractivity contribution in [2.45, 2.75) is 40.0 Å². The highest BCUT2D eigenvalue weighted by molar-refractivity contribution is 6.21. The van der Waals surface area contributed by atoms with Gasteiger partial charge in [-0.1, -0.05) is 226 Å². The minimum Gasteiger partial charge on any atom is -0.344 e. The number of aryl methyl sites for hydroxylation is 3. The molecule has 1 unspecified atom stereocenters. The minimum atomic E-state index is 0.610. The Kier molecular flexibility index (Phi) is 14.1. The van der Waals surface area contributed by atoms with Gasteiger partial charge < -0.3 is 4.57 Å². The van der Waals surface area contributed by atoms with Gasteiger partial charge in [0.15, 0.2) is 0 Å². The third kappa shape index (κ3) is 9.99. The number of aromatic nitrogens is 1. The number of nitrogens with zero attached hydrogens (tertiary/aromatic N) is 1. The van der Waals surface area contributed by atoms with E-state index in [-0.39, 0.29) is 0 Å². The molecule has 0 aliphatic carbocycles. The predicted octanol–water partition coefficient (Wildman–Crippen LogP) is 16.3. The largest absolute Gasteiger partial charge is 0.344 e. The van der Waals surface area contributed by atoms with Crippen LogP contribution in [0.3, 0.4) is 0 Å². The zero-order valence-corrected chi connectivity index (χ0v) is 34.7. The summed E-state index contributed by atoms with van der Waals surface area (Å²) in [6, 6.07) is 67.3. The SMILES string of the molecule is C=CC=C.CCC(C)c1ccc(-c2ccc(-c3ccc4c5c6ccccc6ccc5n(C)c4c3)cc2)cc1.Cc1cccc(-c2ccccc2)c1.Cc1ccccc1. The molecule has 288 valence electrons. The second-order valence-electron chi connectivity index (χ2n) is 14.8. The highest BCUT2D eigenvalue weighted by Gasteiger charge is 2.12. The molecule has 1 heterocycles. The van der Waals surface area contributed by atoms with Crippen LogP contribution in [0.4, 0.5) is 0 Å². The van der Waals surface area contributed by atoms with Crippen molar-refractivity contribution < 1.29 is 0 Å². The Labute approximate surface area is 346 Å². The molecule has 1 nitrogen and oxygen atoms in total. The molecule has 0 amide bonds. The van der Waals surface area contributed by atoms with Crippen molar-refractivity contribution in [1.29, 1.82) is 0 Å². The van der Waals surface area contributed by atoms with Gasteiger partial charge in [-0.05, 0) is 88.0 Å². The summed E-state index contributed by atoms with van der Waals surface area (Å²) in [6.45, 7) is 15.5. The lowest BCUT2D eigenvalue weighted by molar-refractivity contribution is 0.734. The molecule has 0 bridgehead atoms. The molecule has 0 fully saturated rings. The summed E-state index contributed by atoms with van der Waals surface area (Å²) in [5.74, 6) is 0.610. The molecule has 1 atom stereocenters. The van der Waals surface area contributed by atoms with Crippen molar-refractivity contribution in [2.75, 3.05) is 0 Å². The van der Waals surface area contributed by atoms with E-state index >= 15 is 0 Å². The Morgan fingerprint density at radius 2 is 0.966 bits per heavy atom. The average Bonchev–Trinajstić information content (AvgIpc) is 3.58. The fourth-order valence-corrected chi connectivity index (χ4v) is 7.24. The van der Waals surface area contributed by atoms with Gasteiger partial charge in [0.1, 0.15) is 0 Å². The van der Waals surface area contributed by atoms with E-state index in [0.717, 1.165) is 0 Å². The summed E-state index contributed by atoms with van der Waals surface area (Å²) in [4.78, 5) is 0. The molecular weight excluding hydrogens is 699 g/mol. The quantitative estimate of drug-likeness (QED) is 0.149. The number of fused-ring (bicyclic) bond motifs is 5. The Morgan fingerprint density at radius 3 is 1.55 bits per heavy atom. The molecule has 0 spiro atoms. The van der Waals surface area contributed by atoms with Crippen molar-refractivity contribution in [3.05, 3.63) is 230 Å². The first-order valence-electron chi connectivity index (χ1n) is 20.3. The number of rotatable bonds is 6. The molecule has 9 aromatic rings. The summed E-state index contributed by atoms with van der Waals surface area (Å²) < 4.78 is 2.33. The van der Waals surface area contributed by atoms with Crippen LogP contribution in [-0.4, -0.2) is 4.57 Å². The van der Waals surface area contributed by atoms with Gasteiger partial charge in [-0.15, -0.1) is 0 Å². The Balaban J connectivity index is 0.000000192. The lowest BCUT2D eigenvalue weighted by atomic mass is 9.95. The molecule has 0 aliphatic heterocycles. The lowest BCUT2D eigenvalue weighted by Crippen LogP contribution is -1.90. The topological polar surface area (TPSA) is 4.93 Å². The van der Waals surface area contributed by atoms with Gasteiger partial charge in [-0.3, -0.25) is 0 Å². The summed E-state index contributed by atoms with van der Waals surface area (Å²) in [7, 11) is 2.18. The maximum atomic E-state index is 3.36. The minimum absolute atomic E-state index is 0.610. The Bertz CT molecular complexity index is 2690. The predicted molar refractivity (Wildman–Crippen MR) is 256 cm³/mol. The molecule has 0 radical (unpaired) electrons. The van der Waals surface area contributed by atoms with Crippen LogP contribution in [0, 0.1) is 13.8 Å². The standard InChI is InChI=1S/C33H29N.C13H12.C7H8.C4H6/c1-4-22(2)23-9-11-24(12-10-23)25-13-15-26(16-14-25)28-17-19-30-32(21-28)34(3)31-20-18-27-7-5-6-8-29(27)33(30)31;1-11-6-5-9-13(10-11)12-7-3-2-4-8-12;1-7-5-3-2-4-6-7;1-3-4-2/h5-22H,4H2,1-3H3;2-10H,1H3;2-6H,1H3;3-4H,1-2H2. The first kappa shape index (κ1) is 40.9. The third-order valence-corrected chi connectivity index (χ3v) is 10.8. The number of hydrogen-bond acceptors (Lipinski definition) is 0. The van der Waals surface area contributed by atoms with Crippen LogP contribution >= 0.6 is 0 Å². The number of benzene rings is 8. The molecule has 0 N–H and O–H groups in total. The Morgan fingerprint density at radius 1 is 0.466 bits per heavy atom. The molecule has 9 rings (SSSR count). The molecule has 8 aromatic carbocycles. The van der Waals surface area contributed by atoms with E-state index in [0.29, 0.717) is 5.92 Å². The molecule has 1 heteroatoms. The van der Waals surface area contributed by atoms with E-state index in [1.165, 1.54) is 89.1 Å². The van der Waals surface area contributed by atoms with Crippen molar-refractivity contribution in [3.8, 4) is 33.4 Å². The van der Waals surface area contributed by atoms with Gasteiger partial charge in [0.2, 0.25) is 0 Å².